The minimum atomic E-state index is 0.449. The van der Waals surface area contributed by atoms with Crippen molar-refractivity contribution in [2.75, 3.05) is 40.9 Å². The molecule has 0 aromatic heterocycles. The monoisotopic (exact) mass is 160 g/mol. The molecule has 0 fully saturated rings. The van der Waals surface area contributed by atoms with Crippen LogP contribution in [0.3, 0.4) is 0 Å². The van der Waals surface area contributed by atoms with E-state index in [1.165, 1.54) is 0 Å². The van der Waals surface area contributed by atoms with Gasteiger partial charge in [-0.3, -0.25) is 0 Å². The first kappa shape index (κ1) is 10.9. The lowest BCUT2D eigenvalue weighted by Crippen LogP contribution is -2.39. The highest BCUT2D eigenvalue weighted by molar-refractivity contribution is 4.65. The zero-order valence-electron chi connectivity index (χ0n) is 8.05. The zero-order valence-corrected chi connectivity index (χ0v) is 8.05. The summed E-state index contributed by atoms with van der Waals surface area (Å²) in [6.07, 6.45) is 0. The van der Waals surface area contributed by atoms with Gasteiger partial charge in [-0.1, -0.05) is 0 Å². The highest BCUT2D eigenvalue weighted by Gasteiger charge is 2.05. The van der Waals surface area contributed by atoms with Gasteiger partial charge in [-0.25, -0.2) is 0 Å². The Hall–Kier alpha value is -0.120. The molecule has 0 aromatic rings. The van der Waals surface area contributed by atoms with Gasteiger partial charge in [-0.05, 0) is 28.1 Å². The van der Waals surface area contributed by atoms with Gasteiger partial charge in [0.25, 0.3) is 0 Å². The van der Waals surface area contributed by atoms with Crippen LogP contribution in [0.1, 0.15) is 6.92 Å². The van der Waals surface area contributed by atoms with Gasteiger partial charge in [0, 0.05) is 19.2 Å². The van der Waals surface area contributed by atoms with Gasteiger partial charge in [-0.15, -0.1) is 0 Å². The summed E-state index contributed by atoms with van der Waals surface area (Å²) in [5.41, 5.74) is 0. The molecular formula is C8H20N2O. The molecule has 1 N–H and O–H groups in total. The van der Waals surface area contributed by atoms with Gasteiger partial charge < -0.3 is 15.0 Å². The predicted molar refractivity (Wildman–Crippen MR) is 47.9 cm³/mol. The maximum atomic E-state index is 5.30. The molecule has 0 aliphatic carbocycles. The van der Waals surface area contributed by atoms with Gasteiger partial charge in [0.1, 0.15) is 0 Å². The van der Waals surface area contributed by atoms with E-state index in [0.29, 0.717) is 6.04 Å². The summed E-state index contributed by atoms with van der Waals surface area (Å²) in [4.78, 5) is 2.15. The fourth-order valence-electron chi connectivity index (χ4n) is 0.928. The van der Waals surface area contributed by atoms with E-state index in [1.807, 2.05) is 14.0 Å². The van der Waals surface area contributed by atoms with Crippen LogP contribution in [0.25, 0.3) is 0 Å². The first-order chi connectivity index (χ1) is 5.20. The van der Waals surface area contributed by atoms with E-state index in [-0.39, 0.29) is 0 Å². The first-order valence-electron chi connectivity index (χ1n) is 4.10. The van der Waals surface area contributed by atoms with Crippen LogP contribution in [0, 0.1) is 0 Å². The van der Waals surface area contributed by atoms with Crippen molar-refractivity contribution in [2.45, 2.75) is 13.0 Å². The molecule has 0 spiro atoms. The molecule has 68 valence electrons. The second-order valence-electron chi connectivity index (χ2n) is 2.91. The lowest BCUT2D eigenvalue weighted by atomic mass is 10.3. The Kier molecular flexibility index (Phi) is 6.51. The number of hydrogen-bond donors (Lipinski definition) is 1. The number of rotatable bonds is 6. The van der Waals surface area contributed by atoms with Crippen LogP contribution < -0.4 is 5.32 Å². The number of ether oxygens (including phenoxy) is 1. The molecule has 0 saturated heterocycles. The van der Waals surface area contributed by atoms with E-state index in [0.717, 1.165) is 19.8 Å². The lowest BCUT2D eigenvalue weighted by Gasteiger charge is -2.19. The Morgan fingerprint density at radius 1 is 1.45 bits per heavy atom. The van der Waals surface area contributed by atoms with Gasteiger partial charge in [0.2, 0.25) is 0 Å². The van der Waals surface area contributed by atoms with Crippen LogP contribution in [-0.2, 0) is 4.74 Å². The summed E-state index contributed by atoms with van der Waals surface area (Å²) < 4.78 is 5.30. The van der Waals surface area contributed by atoms with E-state index >= 15 is 0 Å². The fraction of sp³-hybridized carbons (Fsp3) is 1.00. The molecular weight excluding hydrogens is 140 g/mol. The Morgan fingerprint density at radius 2 is 2.09 bits per heavy atom. The number of likely N-dealkylation sites (N-methyl/N-ethyl adjacent to an activating group) is 2. The molecule has 0 aliphatic rings. The molecule has 0 aliphatic heterocycles. The number of nitrogens with zero attached hydrogens (tertiary/aromatic N) is 1. The maximum absolute atomic E-state index is 5.30. The van der Waals surface area contributed by atoms with Crippen molar-refractivity contribution in [2.24, 2.45) is 0 Å². The predicted octanol–water partition coefficient (Wildman–Crippen LogP) is 0.173. The molecule has 0 amide bonds. The maximum Gasteiger partial charge on any atom is 0.0631 e. The summed E-state index contributed by atoms with van der Waals surface area (Å²) >= 11 is 0. The van der Waals surface area contributed by atoms with Crippen LogP contribution in [-0.4, -0.2) is 51.8 Å². The van der Waals surface area contributed by atoms with E-state index in [9.17, 15) is 0 Å². The average Bonchev–Trinajstić information content (AvgIpc) is 1.97. The number of nitrogens with one attached hydrogen (secondary N) is 1. The fourth-order valence-corrected chi connectivity index (χ4v) is 0.928. The summed E-state index contributed by atoms with van der Waals surface area (Å²) in [5.74, 6) is 0. The van der Waals surface area contributed by atoms with Crippen molar-refractivity contribution in [3.05, 3.63) is 0 Å². The van der Waals surface area contributed by atoms with Gasteiger partial charge in [0.15, 0.2) is 0 Å². The molecule has 0 bridgehead atoms. The van der Waals surface area contributed by atoms with Crippen LogP contribution in [0.15, 0.2) is 0 Å². The molecule has 1 unspecified atom stereocenters. The van der Waals surface area contributed by atoms with Crippen molar-refractivity contribution < 1.29 is 4.74 Å². The summed E-state index contributed by atoms with van der Waals surface area (Å²) in [7, 11) is 6.10. The van der Waals surface area contributed by atoms with Crippen molar-refractivity contribution >= 4 is 0 Å². The van der Waals surface area contributed by atoms with Gasteiger partial charge >= 0.3 is 0 Å². The largest absolute Gasteiger partial charge is 0.380 e. The highest BCUT2D eigenvalue weighted by atomic mass is 16.5. The normalized spacial score (nSPS) is 13.9. The second kappa shape index (κ2) is 6.58. The van der Waals surface area contributed by atoms with E-state index in [2.05, 4.69) is 24.3 Å². The topological polar surface area (TPSA) is 24.5 Å². The minimum Gasteiger partial charge on any atom is -0.380 e. The summed E-state index contributed by atoms with van der Waals surface area (Å²) in [5, 5.41) is 3.20. The smallest absolute Gasteiger partial charge is 0.0631 e. The minimum absolute atomic E-state index is 0.449. The van der Waals surface area contributed by atoms with Crippen molar-refractivity contribution in [1.82, 2.24) is 10.2 Å². The average molecular weight is 160 g/mol. The van der Waals surface area contributed by atoms with Gasteiger partial charge in [-0.2, -0.15) is 0 Å². The van der Waals surface area contributed by atoms with E-state index in [4.69, 9.17) is 4.74 Å². The third kappa shape index (κ3) is 6.28. The van der Waals surface area contributed by atoms with Gasteiger partial charge in [0.05, 0.1) is 6.61 Å². The first-order valence-corrected chi connectivity index (χ1v) is 4.10. The second-order valence-corrected chi connectivity index (χ2v) is 2.91. The molecule has 3 heteroatoms. The van der Waals surface area contributed by atoms with Crippen LogP contribution in [0.4, 0.5) is 0 Å². The quantitative estimate of drug-likeness (QED) is 0.599. The lowest BCUT2D eigenvalue weighted by molar-refractivity contribution is 0.115. The third-order valence-electron chi connectivity index (χ3n) is 1.52. The number of hydrogen-bond acceptors (Lipinski definition) is 3. The molecule has 0 heterocycles. The Labute approximate surface area is 69.7 Å². The summed E-state index contributed by atoms with van der Waals surface area (Å²) in [6.45, 7) is 4.63. The molecule has 0 radical (unpaired) electrons. The highest BCUT2D eigenvalue weighted by Crippen LogP contribution is 1.87. The molecule has 3 nitrogen and oxygen atoms in total. The molecule has 0 rings (SSSR count). The Balaban J connectivity index is 3.41. The molecule has 0 aromatic carbocycles. The Bertz CT molecular complexity index is 86.2. The summed E-state index contributed by atoms with van der Waals surface area (Å²) in [6, 6.07) is 0.449. The third-order valence-corrected chi connectivity index (χ3v) is 1.52. The van der Waals surface area contributed by atoms with Crippen molar-refractivity contribution in [3.8, 4) is 0 Å². The standard InChI is InChI=1S/C8H20N2O/c1-5-11-7-8(9-2)6-10(3)4/h8-9H,5-7H2,1-4H3. The zero-order chi connectivity index (χ0) is 8.69. The van der Waals surface area contributed by atoms with Crippen LogP contribution in [0.5, 0.6) is 0 Å². The Morgan fingerprint density at radius 3 is 2.45 bits per heavy atom. The van der Waals surface area contributed by atoms with E-state index < -0.39 is 0 Å². The molecule has 11 heavy (non-hydrogen) atoms. The van der Waals surface area contributed by atoms with Crippen LogP contribution in [0.2, 0.25) is 0 Å². The molecule has 1 atom stereocenters. The SMILES string of the molecule is CCOCC(CN(C)C)NC. The van der Waals surface area contributed by atoms with E-state index in [1.54, 1.807) is 0 Å². The van der Waals surface area contributed by atoms with Crippen molar-refractivity contribution in [1.29, 1.82) is 0 Å². The van der Waals surface area contributed by atoms with Crippen LogP contribution >= 0.6 is 0 Å². The molecule has 0 saturated carbocycles. The van der Waals surface area contributed by atoms with Crippen molar-refractivity contribution in [3.63, 3.8) is 0 Å².